The van der Waals surface area contributed by atoms with E-state index in [-0.39, 0.29) is 4.66 Å². The molecular formula is C61H64N2SSi3. The molecule has 0 spiro atoms. The molecule has 0 aromatic heterocycles. The second-order valence-electron chi connectivity index (χ2n) is 22.0. The summed E-state index contributed by atoms with van der Waals surface area (Å²) in [4.78, 5) is 6.21. The molecule has 0 radical (unpaired) electrons. The maximum Gasteiger partial charge on any atom is 0.0776 e. The fraction of sp³-hybridized carbons (Fsp3) is 0.213. The number of para-hydroxylation sites is 2. The predicted octanol–water partition coefficient (Wildman–Crippen LogP) is 18.2. The van der Waals surface area contributed by atoms with Crippen LogP contribution in [0.25, 0.3) is 43.4 Å². The Balaban J connectivity index is 1.24. The first kappa shape index (κ1) is 45.2. The molecule has 9 aromatic carbocycles. The fourth-order valence-corrected chi connectivity index (χ4v) is 27.1. The average Bonchev–Trinajstić information content (AvgIpc) is 3.64. The van der Waals surface area contributed by atoms with Crippen LogP contribution in [-0.2, 0) is 4.66 Å². The van der Waals surface area contributed by atoms with E-state index in [0.717, 1.165) is 5.69 Å². The van der Waals surface area contributed by atoms with Crippen LogP contribution in [0, 0.1) is 0 Å². The van der Waals surface area contributed by atoms with Crippen LogP contribution in [0.2, 0.25) is 58.9 Å². The van der Waals surface area contributed by atoms with Crippen LogP contribution in [0.5, 0.6) is 0 Å². The number of hydrogen-bond acceptors (Lipinski definition) is 3. The van der Waals surface area contributed by atoms with Crippen molar-refractivity contribution in [3.63, 3.8) is 0 Å². The normalized spacial score (nSPS) is 13.6. The van der Waals surface area contributed by atoms with Gasteiger partial charge in [0.05, 0.1) is 24.2 Å². The van der Waals surface area contributed by atoms with Crippen molar-refractivity contribution in [3.05, 3.63) is 193 Å². The number of nitrogens with zero attached hydrogens (tertiary/aromatic N) is 2. The second kappa shape index (κ2) is 16.8. The van der Waals surface area contributed by atoms with Crippen molar-refractivity contribution in [1.82, 2.24) is 0 Å². The number of fused-ring (bicyclic) bond motifs is 10. The Kier molecular flexibility index (Phi) is 11.4. The molecule has 0 aliphatic heterocycles. The summed E-state index contributed by atoms with van der Waals surface area (Å²) in [5, 5.41) is 10.1. The topological polar surface area (TPSA) is 6.48 Å². The molecule has 67 heavy (non-hydrogen) atoms. The van der Waals surface area contributed by atoms with E-state index in [9.17, 15) is 0 Å². The van der Waals surface area contributed by atoms with E-state index in [1.807, 2.05) is 11.8 Å². The fourth-order valence-electron chi connectivity index (χ4n) is 11.9. The van der Waals surface area contributed by atoms with Gasteiger partial charge in [-0.1, -0.05) is 181 Å². The lowest BCUT2D eigenvalue weighted by molar-refractivity contribution is 0.973. The molecular weight excluding hydrogens is 877 g/mol. The molecule has 0 unspecified atom stereocenters. The van der Waals surface area contributed by atoms with Crippen molar-refractivity contribution < 1.29 is 0 Å². The van der Waals surface area contributed by atoms with E-state index in [1.54, 1.807) is 11.1 Å². The van der Waals surface area contributed by atoms with Crippen molar-refractivity contribution in [2.45, 2.75) is 87.6 Å². The highest BCUT2D eigenvalue weighted by atomic mass is 32.2. The van der Waals surface area contributed by atoms with Gasteiger partial charge in [-0.2, -0.15) is 0 Å². The summed E-state index contributed by atoms with van der Waals surface area (Å²) in [6.07, 6.45) is 0. The van der Waals surface area contributed by atoms with Gasteiger partial charge in [0.2, 0.25) is 0 Å². The third kappa shape index (κ3) is 7.61. The summed E-state index contributed by atoms with van der Waals surface area (Å²) < 4.78 is -0.0954. The van der Waals surface area contributed by atoms with Crippen LogP contribution < -0.4 is 15.0 Å². The third-order valence-electron chi connectivity index (χ3n) is 14.2. The number of benzene rings is 9. The van der Waals surface area contributed by atoms with Gasteiger partial charge in [-0.25, -0.2) is 0 Å². The minimum Gasteiger partial charge on any atom is -0.310 e. The van der Waals surface area contributed by atoms with Crippen LogP contribution in [0.3, 0.4) is 0 Å². The van der Waals surface area contributed by atoms with E-state index in [0.29, 0.717) is 5.25 Å². The molecule has 1 aliphatic rings. The summed E-state index contributed by atoms with van der Waals surface area (Å²) in [6.45, 7) is 27.8. The predicted molar refractivity (Wildman–Crippen MR) is 305 cm³/mol. The van der Waals surface area contributed by atoms with Gasteiger partial charge in [0, 0.05) is 48.9 Å². The molecule has 6 heteroatoms. The zero-order valence-corrected chi connectivity index (χ0v) is 45.0. The molecule has 0 heterocycles. The van der Waals surface area contributed by atoms with Gasteiger partial charge in [0.25, 0.3) is 0 Å². The van der Waals surface area contributed by atoms with Crippen molar-refractivity contribution in [1.29, 1.82) is 0 Å². The summed E-state index contributed by atoms with van der Waals surface area (Å²) in [7, 11) is -5.81. The molecule has 2 nitrogen and oxygen atoms in total. The maximum atomic E-state index is 2.66. The lowest BCUT2D eigenvalue weighted by Gasteiger charge is -2.52. The third-order valence-corrected chi connectivity index (χ3v) is 27.3. The minimum atomic E-state index is -2.12. The van der Waals surface area contributed by atoms with Crippen LogP contribution >= 0.6 is 11.8 Å². The molecule has 9 aromatic rings. The summed E-state index contributed by atoms with van der Waals surface area (Å²) in [6, 6.07) is 69.3. The van der Waals surface area contributed by atoms with Gasteiger partial charge in [-0.05, 0) is 133 Å². The van der Waals surface area contributed by atoms with E-state index in [2.05, 4.69) is 265 Å². The Labute approximate surface area is 406 Å². The highest BCUT2D eigenvalue weighted by Gasteiger charge is 2.60. The van der Waals surface area contributed by atoms with Gasteiger partial charge < -0.3 is 9.80 Å². The first-order valence-electron chi connectivity index (χ1n) is 24.1. The Morgan fingerprint density at radius 2 is 0.925 bits per heavy atom. The Morgan fingerprint density at radius 3 is 1.52 bits per heavy atom. The Morgan fingerprint density at radius 1 is 0.403 bits per heavy atom. The van der Waals surface area contributed by atoms with E-state index in [4.69, 9.17) is 0 Å². The van der Waals surface area contributed by atoms with Crippen LogP contribution in [0.1, 0.15) is 25.0 Å². The largest absolute Gasteiger partial charge is 0.310 e. The van der Waals surface area contributed by atoms with Crippen LogP contribution in [0.15, 0.2) is 187 Å². The molecule has 0 saturated carbocycles. The van der Waals surface area contributed by atoms with E-state index >= 15 is 0 Å². The first-order valence-corrected chi connectivity index (χ1v) is 35.5. The summed E-state index contributed by atoms with van der Waals surface area (Å²) in [5.41, 5.74) is 13.1. The minimum absolute atomic E-state index is 0.0954. The molecule has 1 aliphatic carbocycles. The van der Waals surface area contributed by atoms with Gasteiger partial charge in [-0.3, -0.25) is 0 Å². The first-order chi connectivity index (χ1) is 32.0. The van der Waals surface area contributed by atoms with E-state index < -0.39 is 24.2 Å². The smallest absolute Gasteiger partial charge is 0.0776 e. The molecule has 0 bridgehead atoms. The highest BCUT2D eigenvalue weighted by molar-refractivity contribution is 7.99. The highest BCUT2D eigenvalue weighted by Crippen LogP contribution is 2.63. The lowest BCUT2D eigenvalue weighted by atomic mass is 9.91. The van der Waals surface area contributed by atoms with Crippen LogP contribution in [-0.4, -0.2) is 29.5 Å². The van der Waals surface area contributed by atoms with Gasteiger partial charge in [0.1, 0.15) is 0 Å². The zero-order chi connectivity index (χ0) is 47.0. The van der Waals surface area contributed by atoms with E-state index in [1.165, 1.54) is 82.0 Å². The van der Waals surface area contributed by atoms with Gasteiger partial charge in [-0.15, -0.1) is 11.8 Å². The molecule has 10 rings (SSSR count). The average molecular weight is 942 g/mol. The van der Waals surface area contributed by atoms with Crippen molar-refractivity contribution >= 4 is 108 Å². The molecule has 336 valence electrons. The molecule has 0 amide bonds. The quantitative estimate of drug-likeness (QED) is 0.0725. The summed E-state index contributed by atoms with van der Waals surface area (Å²) in [5.74, 6) is 0. The number of thioether (sulfide) groups is 1. The Bertz CT molecular complexity index is 3310. The number of anilines is 6. The number of rotatable bonds is 11. The lowest BCUT2D eigenvalue weighted by Crippen LogP contribution is -2.63. The molecule has 0 fully saturated rings. The molecule has 0 N–H and O–H groups in total. The van der Waals surface area contributed by atoms with Gasteiger partial charge in [0.15, 0.2) is 0 Å². The van der Waals surface area contributed by atoms with Gasteiger partial charge >= 0.3 is 0 Å². The van der Waals surface area contributed by atoms with Crippen molar-refractivity contribution in [3.8, 4) is 11.1 Å². The molecule has 0 saturated heterocycles. The summed E-state index contributed by atoms with van der Waals surface area (Å²) >= 11 is 1.92. The standard InChI is InChI=1S/C61H64N2SSi3/c1-42(2)64-50-28-20-26-46(39-50)62(44-22-14-12-15-23-44)48-33-36-52-43(38-48)32-35-56-58-54-31-19-18-30-53(54)57-41-49(34-37-55(57)60(58)61(59(52)56,66(6,7)8)67(9,10)11)63(45-24-16-13-17-25-45)47-27-21-29-51(40-47)65(3,4)5/h12-42H,1-11H3. The molecule has 0 atom stereocenters. The monoisotopic (exact) mass is 940 g/mol. The zero-order valence-electron chi connectivity index (χ0n) is 41.2. The van der Waals surface area contributed by atoms with Crippen molar-refractivity contribution in [2.75, 3.05) is 9.80 Å². The maximum absolute atomic E-state index is 2.66. The van der Waals surface area contributed by atoms with Crippen LogP contribution in [0.4, 0.5) is 34.1 Å². The second-order valence-corrected chi connectivity index (χ2v) is 39.7. The Hall–Kier alpha value is -5.64. The van der Waals surface area contributed by atoms with Crippen molar-refractivity contribution in [2.24, 2.45) is 0 Å². The SMILES string of the molecule is CC(C)Sc1cccc(N(c2ccccc2)c2ccc3c4c(ccc3c2)-c2c(c3ccc(N(c5ccccc5)c5cccc([Si](C)(C)C)c5)cc3c3ccccc23)C4([Si](C)(C)C)[Si](C)(C)C)c1. The number of hydrogen-bond donors (Lipinski definition) is 0.